The summed E-state index contributed by atoms with van der Waals surface area (Å²) in [4.78, 5) is 18.4. The minimum Gasteiger partial charge on any atom is -0.378 e. The Hall–Kier alpha value is -3.12. The first kappa shape index (κ1) is 18.7. The molecule has 5 nitrogen and oxygen atoms in total. The molecule has 0 bridgehead atoms. The van der Waals surface area contributed by atoms with E-state index in [0.717, 1.165) is 17.1 Å². The Kier molecular flexibility index (Phi) is 5.57. The summed E-state index contributed by atoms with van der Waals surface area (Å²) in [5.74, 6) is -0.943. The molecule has 2 N–H and O–H groups in total. The highest BCUT2D eigenvalue weighted by molar-refractivity contribution is 6.31. The second-order valence-corrected chi connectivity index (χ2v) is 6.49. The van der Waals surface area contributed by atoms with Gasteiger partial charge in [0, 0.05) is 31.2 Å². The number of benzene rings is 2. The Morgan fingerprint density at radius 1 is 1.00 bits per heavy atom. The zero-order valence-corrected chi connectivity index (χ0v) is 15.6. The number of carbonyl (C=O) groups excluding carboxylic acids is 1. The molecule has 0 atom stereocenters. The van der Waals surface area contributed by atoms with Crippen LogP contribution in [-0.2, 0) is 0 Å². The molecule has 0 fully saturated rings. The third-order valence-corrected chi connectivity index (χ3v) is 4.14. The van der Waals surface area contributed by atoms with Crippen molar-refractivity contribution >= 4 is 40.3 Å². The summed E-state index contributed by atoms with van der Waals surface area (Å²) < 4.78 is 13.2. The lowest BCUT2D eigenvalue weighted by molar-refractivity contribution is 0.102. The molecule has 27 heavy (non-hydrogen) atoms. The standard InChI is InChI=1S/C20H18ClFN4O/c1-26(2)16-7-3-13(4-8-16)24-15-6-10-19(23-12-15)20(27)25-14-5-9-18(22)17(21)11-14/h3-12,24H,1-2H3,(H,25,27). The molecule has 1 heterocycles. The van der Waals surface area contributed by atoms with Gasteiger partial charge in [-0.3, -0.25) is 4.79 Å². The maximum Gasteiger partial charge on any atom is 0.274 e. The molecular weight excluding hydrogens is 367 g/mol. The van der Waals surface area contributed by atoms with Gasteiger partial charge >= 0.3 is 0 Å². The van der Waals surface area contributed by atoms with E-state index < -0.39 is 11.7 Å². The molecule has 0 saturated carbocycles. The average molecular weight is 385 g/mol. The van der Waals surface area contributed by atoms with Gasteiger partial charge < -0.3 is 15.5 Å². The lowest BCUT2D eigenvalue weighted by atomic mass is 10.2. The second kappa shape index (κ2) is 8.05. The summed E-state index contributed by atoms with van der Waals surface area (Å²) in [6, 6.07) is 15.3. The highest BCUT2D eigenvalue weighted by Crippen LogP contribution is 2.21. The Bertz CT molecular complexity index is 943. The fourth-order valence-corrected chi connectivity index (χ4v) is 2.56. The number of halogens is 2. The molecule has 0 aliphatic heterocycles. The fraction of sp³-hybridized carbons (Fsp3) is 0.100. The Morgan fingerprint density at radius 2 is 1.67 bits per heavy atom. The molecule has 1 amide bonds. The number of nitrogens with zero attached hydrogens (tertiary/aromatic N) is 2. The monoisotopic (exact) mass is 384 g/mol. The number of amides is 1. The van der Waals surface area contributed by atoms with Crippen molar-refractivity contribution in [2.24, 2.45) is 0 Å². The molecule has 3 aromatic rings. The van der Waals surface area contributed by atoms with Crippen molar-refractivity contribution in [2.75, 3.05) is 29.6 Å². The van der Waals surface area contributed by atoms with E-state index in [1.54, 1.807) is 18.3 Å². The van der Waals surface area contributed by atoms with E-state index in [2.05, 4.69) is 15.6 Å². The van der Waals surface area contributed by atoms with E-state index in [1.165, 1.54) is 18.2 Å². The number of hydrogen-bond donors (Lipinski definition) is 2. The average Bonchev–Trinajstić information content (AvgIpc) is 2.66. The third-order valence-electron chi connectivity index (χ3n) is 3.85. The summed E-state index contributed by atoms with van der Waals surface area (Å²) >= 11 is 5.72. The van der Waals surface area contributed by atoms with Crippen LogP contribution in [0.3, 0.4) is 0 Å². The van der Waals surface area contributed by atoms with Gasteiger partial charge in [0.2, 0.25) is 0 Å². The van der Waals surface area contributed by atoms with E-state index in [-0.39, 0.29) is 10.7 Å². The van der Waals surface area contributed by atoms with Crippen molar-refractivity contribution in [3.63, 3.8) is 0 Å². The quantitative estimate of drug-likeness (QED) is 0.654. The largest absolute Gasteiger partial charge is 0.378 e. The molecule has 0 unspecified atom stereocenters. The summed E-state index contributed by atoms with van der Waals surface area (Å²) in [5.41, 5.74) is 3.42. The number of pyridine rings is 1. The van der Waals surface area contributed by atoms with Crippen LogP contribution in [0.2, 0.25) is 5.02 Å². The van der Waals surface area contributed by atoms with E-state index >= 15 is 0 Å². The maximum absolute atomic E-state index is 13.2. The van der Waals surface area contributed by atoms with Crippen molar-refractivity contribution in [1.82, 2.24) is 4.98 Å². The number of rotatable bonds is 5. The summed E-state index contributed by atoms with van der Waals surface area (Å²) in [5, 5.41) is 5.81. The number of aromatic nitrogens is 1. The summed E-state index contributed by atoms with van der Waals surface area (Å²) in [6.07, 6.45) is 1.58. The molecule has 0 saturated heterocycles. The van der Waals surface area contributed by atoms with Gasteiger partial charge in [-0.25, -0.2) is 9.37 Å². The topological polar surface area (TPSA) is 57.3 Å². The summed E-state index contributed by atoms with van der Waals surface area (Å²) in [6.45, 7) is 0. The molecule has 1 aromatic heterocycles. The highest BCUT2D eigenvalue weighted by atomic mass is 35.5. The van der Waals surface area contributed by atoms with Gasteiger partial charge in [0.1, 0.15) is 11.5 Å². The maximum atomic E-state index is 13.2. The van der Waals surface area contributed by atoms with Crippen LogP contribution in [0, 0.1) is 5.82 Å². The Labute approximate surface area is 161 Å². The van der Waals surface area contributed by atoms with Crippen LogP contribution in [0.25, 0.3) is 0 Å². The molecule has 3 rings (SSSR count). The van der Waals surface area contributed by atoms with Gasteiger partial charge in [0.25, 0.3) is 5.91 Å². The van der Waals surface area contributed by atoms with Crippen molar-refractivity contribution in [1.29, 1.82) is 0 Å². The van der Waals surface area contributed by atoms with E-state index in [0.29, 0.717) is 5.69 Å². The van der Waals surface area contributed by atoms with Gasteiger partial charge in [0.15, 0.2) is 0 Å². The smallest absolute Gasteiger partial charge is 0.274 e. The van der Waals surface area contributed by atoms with Crippen molar-refractivity contribution in [3.05, 3.63) is 77.3 Å². The van der Waals surface area contributed by atoms with Crippen LogP contribution in [0.5, 0.6) is 0 Å². The van der Waals surface area contributed by atoms with Crippen molar-refractivity contribution < 1.29 is 9.18 Å². The SMILES string of the molecule is CN(C)c1ccc(Nc2ccc(C(=O)Nc3ccc(F)c(Cl)c3)nc2)cc1. The van der Waals surface area contributed by atoms with Gasteiger partial charge in [-0.05, 0) is 54.6 Å². The minimum absolute atomic E-state index is 0.0550. The molecule has 0 spiro atoms. The predicted octanol–water partition coefficient (Wildman–Crippen LogP) is 4.94. The van der Waals surface area contributed by atoms with Crippen LogP contribution < -0.4 is 15.5 Å². The van der Waals surface area contributed by atoms with E-state index in [9.17, 15) is 9.18 Å². The van der Waals surface area contributed by atoms with Gasteiger partial charge in [0.05, 0.1) is 16.9 Å². The number of carbonyl (C=O) groups is 1. The lowest BCUT2D eigenvalue weighted by Crippen LogP contribution is -2.13. The van der Waals surface area contributed by atoms with Crippen LogP contribution in [0.1, 0.15) is 10.5 Å². The lowest BCUT2D eigenvalue weighted by Gasteiger charge is -2.13. The van der Waals surface area contributed by atoms with Gasteiger partial charge in [-0.15, -0.1) is 0 Å². The van der Waals surface area contributed by atoms with Gasteiger partial charge in [-0.2, -0.15) is 0 Å². The fourth-order valence-electron chi connectivity index (χ4n) is 2.38. The molecule has 0 aliphatic rings. The zero-order valence-electron chi connectivity index (χ0n) is 14.8. The second-order valence-electron chi connectivity index (χ2n) is 6.08. The highest BCUT2D eigenvalue weighted by Gasteiger charge is 2.09. The first-order valence-corrected chi connectivity index (χ1v) is 8.57. The van der Waals surface area contributed by atoms with Crippen LogP contribution >= 0.6 is 11.6 Å². The summed E-state index contributed by atoms with van der Waals surface area (Å²) in [7, 11) is 3.96. The van der Waals surface area contributed by atoms with Crippen LogP contribution in [0.15, 0.2) is 60.8 Å². The molecule has 2 aromatic carbocycles. The molecular formula is C20H18ClFN4O. The van der Waals surface area contributed by atoms with E-state index in [4.69, 9.17) is 11.6 Å². The number of nitrogens with one attached hydrogen (secondary N) is 2. The number of hydrogen-bond acceptors (Lipinski definition) is 4. The molecule has 0 radical (unpaired) electrons. The predicted molar refractivity (Wildman–Crippen MR) is 108 cm³/mol. The molecule has 138 valence electrons. The first-order chi connectivity index (χ1) is 12.9. The van der Waals surface area contributed by atoms with Crippen molar-refractivity contribution in [3.8, 4) is 0 Å². The normalized spacial score (nSPS) is 10.4. The Balaban J connectivity index is 1.65. The minimum atomic E-state index is -0.540. The van der Waals surface area contributed by atoms with Crippen molar-refractivity contribution in [2.45, 2.75) is 0 Å². The third kappa shape index (κ3) is 4.74. The van der Waals surface area contributed by atoms with Crippen LogP contribution in [0.4, 0.5) is 27.1 Å². The zero-order chi connectivity index (χ0) is 19.4. The first-order valence-electron chi connectivity index (χ1n) is 8.19. The van der Waals surface area contributed by atoms with E-state index in [1.807, 2.05) is 43.3 Å². The molecule has 0 aliphatic carbocycles. The van der Waals surface area contributed by atoms with Crippen LogP contribution in [-0.4, -0.2) is 25.0 Å². The van der Waals surface area contributed by atoms with Gasteiger partial charge in [-0.1, -0.05) is 11.6 Å². The number of anilines is 4. The molecule has 7 heteroatoms. The Morgan fingerprint density at radius 3 is 2.26 bits per heavy atom.